The van der Waals surface area contributed by atoms with Gasteiger partial charge in [0.2, 0.25) is 6.10 Å². The summed E-state index contributed by atoms with van der Waals surface area (Å²) in [5.74, 6) is -1.41. The van der Waals surface area contributed by atoms with Crippen LogP contribution < -0.4 is 4.74 Å². The van der Waals surface area contributed by atoms with Crippen LogP contribution in [0.3, 0.4) is 0 Å². The van der Waals surface area contributed by atoms with Gasteiger partial charge in [-0.2, -0.15) is 0 Å². The van der Waals surface area contributed by atoms with Gasteiger partial charge in [-0.3, -0.25) is 20.2 Å². The van der Waals surface area contributed by atoms with E-state index in [1.807, 2.05) is 0 Å². The zero-order valence-electron chi connectivity index (χ0n) is 11.5. The normalized spacial score (nSPS) is 11.5. The first kappa shape index (κ1) is 15.9. The Morgan fingerprint density at radius 1 is 1.00 bits per heavy atom. The van der Waals surface area contributed by atoms with E-state index in [9.17, 15) is 30.1 Å². The molecule has 0 aliphatic carbocycles. The van der Waals surface area contributed by atoms with Gasteiger partial charge in [-0.25, -0.2) is 4.79 Å². The van der Waals surface area contributed by atoms with Crippen molar-refractivity contribution in [2.24, 2.45) is 0 Å². The fourth-order valence-corrected chi connectivity index (χ4v) is 1.87. The molecule has 0 aliphatic rings. The smallest absolute Gasteiger partial charge is 0.349 e. The zero-order valence-corrected chi connectivity index (χ0v) is 11.5. The fraction of sp³-hybridized carbons (Fsp3) is 0.0714. The lowest BCUT2D eigenvalue weighted by molar-refractivity contribution is -0.385. The molecule has 0 heterocycles. The Kier molecular flexibility index (Phi) is 4.50. The SMILES string of the molecule is O=C(O)C(Oc1cccc([N+](=O)[O-])c1)c1cccc([N+](=O)[O-])c1. The molecule has 0 saturated carbocycles. The predicted molar refractivity (Wildman–Crippen MR) is 77.2 cm³/mol. The molecule has 0 saturated heterocycles. The summed E-state index contributed by atoms with van der Waals surface area (Å²) in [5.41, 5.74) is -0.486. The second-order valence-corrected chi connectivity index (χ2v) is 4.44. The van der Waals surface area contributed by atoms with E-state index in [-0.39, 0.29) is 22.7 Å². The Labute approximate surface area is 129 Å². The number of ether oxygens (including phenoxy) is 1. The zero-order chi connectivity index (χ0) is 17.0. The van der Waals surface area contributed by atoms with Gasteiger partial charge in [-0.1, -0.05) is 18.2 Å². The largest absolute Gasteiger partial charge is 0.478 e. The van der Waals surface area contributed by atoms with Crippen molar-refractivity contribution in [1.29, 1.82) is 0 Å². The van der Waals surface area contributed by atoms with Crippen molar-refractivity contribution < 1.29 is 24.5 Å². The van der Waals surface area contributed by atoms with Gasteiger partial charge in [0.1, 0.15) is 5.75 Å². The number of hydrogen-bond acceptors (Lipinski definition) is 6. The molecule has 0 bridgehead atoms. The Hall–Kier alpha value is -3.49. The molecule has 0 amide bonds. The van der Waals surface area contributed by atoms with Gasteiger partial charge in [0.25, 0.3) is 11.4 Å². The van der Waals surface area contributed by atoms with Gasteiger partial charge >= 0.3 is 5.97 Å². The molecule has 9 nitrogen and oxygen atoms in total. The van der Waals surface area contributed by atoms with Gasteiger partial charge in [0.15, 0.2) is 0 Å². The molecule has 0 spiro atoms. The predicted octanol–water partition coefficient (Wildman–Crippen LogP) is 2.71. The summed E-state index contributed by atoms with van der Waals surface area (Å²) in [6, 6.07) is 10.0. The minimum atomic E-state index is -1.53. The lowest BCUT2D eigenvalue weighted by Gasteiger charge is -2.15. The summed E-state index contributed by atoms with van der Waals surface area (Å²) >= 11 is 0. The second-order valence-electron chi connectivity index (χ2n) is 4.44. The Bertz CT molecular complexity index is 775. The molecule has 9 heteroatoms. The van der Waals surface area contributed by atoms with Crippen LogP contribution in [0.5, 0.6) is 5.75 Å². The third-order valence-electron chi connectivity index (χ3n) is 2.89. The van der Waals surface area contributed by atoms with E-state index in [0.717, 1.165) is 12.1 Å². The molecular weight excluding hydrogens is 308 g/mol. The van der Waals surface area contributed by atoms with Crippen LogP contribution in [0.2, 0.25) is 0 Å². The molecule has 118 valence electrons. The van der Waals surface area contributed by atoms with Crippen molar-refractivity contribution in [3.63, 3.8) is 0 Å². The molecule has 1 unspecified atom stereocenters. The van der Waals surface area contributed by atoms with Crippen molar-refractivity contribution in [3.8, 4) is 5.75 Å². The maximum absolute atomic E-state index is 11.4. The molecule has 0 radical (unpaired) electrons. The van der Waals surface area contributed by atoms with Crippen molar-refractivity contribution in [1.82, 2.24) is 0 Å². The number of nitro groups is 2. The topological polar surface area (TPSA) is 133 Å². The number of non-ortho nitro benzene ring substituents is 2. The van der Waals surface area contributed by atoms with Crippen molar-refractivity contribution in [2.75, 3.05) is 0 Å². The van der Waals surface area contributed by atoms with E-state index in [1.54, 1.807) is 0 Å². The van der Waals surface area contributed by atoms with Crippen LogP contribution in [0, 0.1) is 20.2 Å². The monoisotopic (exact) mass is 318 g/mol. The van der Waals surface area contributed by atoms with Gasteiger partial charge < -0.3 is 9.84 Å². The highest BCUT2D eigenvalue weighted by Crippen LogP contribution is 2.27. The number of aliphatic carboxylic acids is 1. The highest BCUT2D eigenvalue weighted by Gasteiger charge is 2.24. The number of hydrogen-bond donors (Lipinski definition) is 1. The van der Waals surface area contributed by atoms with E-state index in [0.29, 0.717) is 0 Å². The van der Waals surface area contributed by atoms with E-state index in [4.69, 9.17) is 4.74 Å². The minimum Gasteiger partial charge on any atom is -0.478 e. The number of carboxylic acid groups (broad SMARTS) is 1. The molecule has 23 heavy (non-hydrogen) atoms. The van der Waals surface area contributed by atoms with Gasteiger partial charge in [-0.05, 0) is 6.07 Å². The molecule has 0 fully saturated rings. The number of nitro benzene ring substituents is 2. The Morgan fingerprint density at radius 3 is 2.13 bits per heavy atom. The van der Waals surface area contributed by atoms with Crippen LogP contribution >= 0.6 is 0 Å². The van der Waals surface area contributed by atoms with E-state index in [1.165, 1.54) is 36.4 Å². The number of carbonyl (C=O) groups is 1. The maximum atomic E-state index is 11.4. The third kappa shape index (κ3) is 3.79. The van der Waals surface area contributed by atoms with Gasteiger partial charge in [-0.15, -0.1) is 0 Å². The van der Waals surface area contributed by atoms with Crippen molar-refractivity contribution >= 4 is 17.3 Å². The molecular formula is C14H10N2O7. The standard InChI is InChI=1S/C14H10N2O7/c17-14(18)13(9-3-1-4-10(7-9)15(19)20)23-12-6-2-5-11(8-12)16(21)22/h1-8,13H,(H,17,18). The fourth-order valence-electron chi connectivity index (χ4n) is 1.87. The van der Waals surface area contributed by atoms with Gasteiger partial charge in [0.05, 0.1) is 15.9 Å². The molecule has 2 aromatic rings. The Balaban J connectivity index is 2.34. The summed E-state index contributed by atoms with van der Waals surface area (Å²) < 4.78 is 5.26. The summed E-state index contributed by atoms with van der Waals surface area (Å²) in [6.07, 6.45) is -1.53. The first-order valence-corrected chi connectivity index (χ1v) is 6.27. The summed E-state index contributed by atoms with van der Waals surface area (Å²) in [7, 11) is 0. The number of nitrogens with zero attached hydrogens (tertiary/aromatic N) is 2. The van der Waals surface area contributed by atoms with E-state index < -0.39 is 21.9 Å². The highest BCUT2D eigenvalue weighted by molar-refractivity contribution is 5.75. The minimum absolute atomic E-state index is 0.0295. The average Bonchev–Trinajstić information content (AvgIpc) is 2.52. The number of carboxylic acids is 1. The molecule has 0 aromatic heterocycles. The van der Waals surface area contributed by atoms with Crippen LogP contribution in [0.1, 0.15) is 11.7 Å². The van der Waals surface area contributed by atoms with Crippen LogP contribution in [-0.2, 0) is 4.79 Å². The summed E-state index contributed by atoms with van der Waals surface area (Å²) in [4.78, 5) is 31.6. The van der Waals surface area contributed by atoms with Crippen molar-refractivity contribution in [3.05, 3.63) is 74.3 Å². The molecule has 0 aliphatic heterocycles. The first-order valence-electron chi connectivity index (χ1n) is 6.27. The highest BCUT2D eigenvalue weighted by atomic mass is 16.6. The van der Waals surface area contributed by atoms with E-state index in [2.05, 4.69) is 0 Å². The first-order chi connectivity index (χ1) is 10.9. The molecule has 1 N–H and O–H groups in total. The molecule has 2 aromatic carbocycles. The number of rotatable bonds is 6. The van der Waals surface area contributed by atoms with E-state index >= 15 is 0 Å². The van der Waals surface area contributed by atoms with Crippen LogP contribution in [-0.4, -0.2) is 20.9 Å². The Morgan fingerprint density at radius 2 is 1.57 bits per heavy atom. The quantitative estimate of drug-likeness (QED) is 0.639. The summed E-state index contributed by atoms with van der Waals surface area (Å²) in [6.45, 7) is 0. The average molecular weight is 318 g/mol. The number of benzene rings is 2. The van der Waals surface area contributed by atoms with Gasteiger partial charge in [0, 0.05) is 23.8 Å². The third-order valence-corrected chi connectivity index (χ3v) is 2.89. The molecule has 1 atom stereocenters. The summed E-state index contributed by atoms with van der Waals surface area (Å²) in [5, 5.41) is 30.8. The van der Waals surface area contributed by atoms with Crippen molar-refractivity contribution in [2.45, 2.75) is 6.10 Å². The lowest BCUT2D eigenvalue weighted by atomic mass is 10.1. The van der Waals surface area contributed by atoms with Crippen LogP contribution in [0.15, 0.2) is 48.5 Å². The second kappa shape index (κ2) is 6.52. The van der Waals surface area contributed by atoms with Crippen LogP contribution in [0.25, 0.3) is 0 Å². The maximum Gasteiger partial charge on any atom is 0.349 e. The van der Waals surface area contributed by atoms with Crippen LogP contribution in [0.4, 0.5) is 11.4 Å². The lowest BCUT2D eigenvalue weighted by Crippen LogP contribution is -2.18. The molecule has 2 rings (SSSR count).